The number of carbonyl (C=O) groups is 1. The summed E-state index contributed by atoms with van der Waals surface area (Å²) < 4.78 is 2.21. The molecule has 28 heavy (non-hydrogen) atoms. The highest BCUT2D eigenvalue weighted by atomic mass is 35.5. The van der Waals surface area contributed by atoms with Crippen LogP contribution in [0.4, 0.5) is 10.5 Å². The van der Waals surface area contributed by atoms with Gasteiger partial charge in [-0.15, -0.1) is 0 Å². The number of halogens is 1. The zero-order valence-electron chi connectivity index (χ0n) is 16.2. The van der Waals surface area contributed by atoms with Crippen molar-refractivity contribution in [2.45, 2.75) is 27.2 Å². The zero-order chi connectivity index (χ0) is 20.1. The van der Waals surface area contributed by atoms with Crippen molar-refractivity contribution in [1.82, 2.24) is 9.99 Å². The SMILES string of the molecule is CCc1ccccc1-n1c(C)cc(/C=N/NC(=O)Nc2ccccc2Cl)c1C. The van der Waals surface area contributed by atoms with Crippen LogP contribution in [0.1, 0.15) is 29.4 Å². The molecule has 0 saturated heterocycles. The normalized spacial score (nSPS) is 11.0. The van der Waals surface area contributed by atoms with E-state index in [0.717, 1.165) is 23.4 Å². The molecule has 0 aliphatic rings. The van der Waals surface area contributed by atoms with Gasteiger partial charge in [0.15, 0.2) is 0 Å². The second-order valence-corrected chi connectivity index (χ2v) is 6.86. The maximum absolute atomic E-state index is 12.0. The molecule has 0 atom stereocenters. The number of amides is 2. The average molecular weight is 395 g/mol. The fourth-order valence-corrected chi connectivity index (χ4v) is 3.37. The number of nitrogens with zero attached hydrogens (tertiary/aromatic N) is 2. The Kier molecular flexibility index (Phi) is 6.16. The van der Waals surface area contributed by atoms with Gasteiger partial charge in [0.25, 0.3) is 0 Å². The number of hydrogen-bond donors (Lipinski definition) is 2. The Labute approximate surface area is 170 Å². The topological polar surface area (TPSA) is 58.4 Å². The molecule has 0 bridgehead atoms. The second kappa shape index (κ2) is 8.76. The first-order valence-corrected chi connectivity index (χ1v) is 9.51. The summed E-state index contributed by atoms with van der Waals surface area (Å²) in [5.41, 5.74) is 8.59. The van der Waals surface area contributed by atoms with Crippen LogP contribution < -0.4 is 10.7 Å². The van der Waals surface area contributed by atoms with Gasteiger partial charge in [-0.1, -0.05) is 48.9 Å². The molecule has 0 saturated carbocycles. The van der Waals surface area contributed by atoms with Crippen LogP contribution in [0.2, 0.25) is 5.02 Å². The summed E-state index contributed by atoms with van der Waals surface area (Å²) in [6, 6.07) is 17.0. The van der Waals surface area contributed by atoms with Crippen molar-refractivity contribution in [2.75, 3.05) is 5.32 Å². The first kappa shape index (κ1) is 19.7. The van der Waals surface area contributed by atoms with Gasteiger partial charge in [0.2, 0.25) is 0 Å². The van der Waals surface area contributed by atoms with E-state index in [0.29, 0.717) is 10.7 Å². The van der Waals surface area contributed by atoms with E-state index in [1.165, 1.54) is 11.3 Å². The van der Waals surface area contributed by atoms with Gasteiger partial charge in [0.05, 0.1) is 16.9 Å². The molecule has 5 nitrogen and oxygen atoms in total. The molecule has 6 heteroatoms. The lowest BCUT2D eigenvalue weighted by Gasteiger charge is -2.13. The molecule has 0 aliphatic heterocycles. The molecule has 0 aliphatic carbocycles. The molecule has 144 valence electrons. The predicted molar refractivity (Wildman–Crippen MR) is 116 cm³/mol. The Morgan fingerprint density at radius 2 is 1.86 bits per heavy atom. The van der Waals surface area contributed by atoms with Crippen molar-refractivity contribution in [2.24, 2.45) is 5.10 Å². The standard InChI is InChI=1S/C22H23ClN4O/c1-4-17-9-5-8-12-21(17)27-15(2)13-18(16(27)3)14-24-26-22(28)25-20-11-7-6-10-19(20)23/h5-14H,4H2,1-3H3,(H2,25,26,28)/b24-14+. The number of hydrazone groups is 1. The number of para-hydroxylation sites is 2. The van der Waals surface area contributed by atoms with Gasteiger partial charge < -0.3 is 9.88 Å². The number of rotatable bonds is 5. The lowest BCUT2D eigenvalue weighted by molar-refractivity contribution is 0.252. The number of carbonyl (C=O) groups excluding carboxylic acids is 1. The van der Waals surface area contributed by atoms with E-state index < -0.39 is 6.03 Å². The molecule has 1 heterocycles. The highest BCUT2D eigenvalue weighted by Gasteiger charge is 2.12. The fourth-order valence-electron chi connectivity index (χ4n) is 3.19. The second-order valence-electron chi connectivity index (χ2n) is 6.45. The number of urea groups is 1. The molecule has 1 aromatic heterocycles. The summed E-state index contributed by atoms with van der Waals surface area (Å²) in [7, 11) is 0. The largest absolute Gasteiger partial charge is 0.339 e. The monoisotopic (exact) mass is 394 g/mol. The third-order valence-electron chi connectivity index (χ3n) is 4.58. The minimum absolute atomic E-state index is 0.450. The first-order chi connectivity index (χ1) is 13.5. The molecule has 0 radical (unpaired) electrons. The lowest BCUT2D eigenvalue weighted by Crippen LogP contribution is -2.24. The van der Waals surface area contributed by atoms with Crippen molar-refractivity contribution < 1.29 is 4.79 Å². The van der Waals surface area contributed by atoms with Gasteiger partial charge in [-0.25, -0.2) is 10.2 Å². The minimum atomic E-state index is -0.450. The first-order valence-electron chi connectivity index (χ1n) is 9.13. The van der Waals surface area contributed by atoms with Crippen LogP contribution >= 0.6 is 11.6 Å². The van der Waals surface area contributed by atoms with E-state index in [1.807, 2.05) is 13.0 Å². The Bertz CT molecular complexity index is 1020. The van der Waals surface area contributed by atoms with Crippen molar-refractivity contribution >= 4 is 29.5 Å². The number of benzene rings is 2. The van der Waals surface area contributed by atoms with E-state index in [2.05, 4.69) is 58.5 Å². The van der Waals surface area contributed by atoms with Crippen LogP contribution in [-0.4, -0.2) is 16.8 Å². The number of aryl methyl sites for hydroxylation is 2. The van der Waals surface area contributed by atoms with Crippen LogP contribution in [0.25, 0.3) is 5.69 Å². The minimum Gasteiger partial charge on any atom is -0.318 e. The zero-order valence-corrected chi connectivity index (χ0v) is 16.9. The molecule has 2 amide bonds. The molecule has 0 spiro atoms. The molecule has 3 rings (SSSR count). The highest BCUT2D eigenvalue weighted by molar-refractivity contribution is 6.33. The molecule has 0 unspecified atom stereocenters. The van der Waals surface area contributed by atoms with E-state index in [9.17, 15) is 4.79 Å². The highest BCUT2D eigenvalue weighted by Crippen LogP contribution is 2.23. The lowest BCUT2D eigenvalue weighted by atomic mass is 10.1. The van der Waals surface area contributed by atoms with E-state index in [-0.39, 0.29) is 0 Å². The molecule has 2 aromatic carbocycles. The number of hydrogen-bond acceptors (Lipinski definition) is 2. The maximum Gasteiger partial charge on any atom is 0.339 e. The summed E-state index contributed by atoms with van der Waals surface area (Å²) in [5.74, 6) is 0. The van der Waals surface area contributed by atoms with Crippen LogP contribution in [0.5, 0.6) is 0 Å². The average Bonchev–Trinajstić information content (AvgIpc) is 2.97. The van der Waals surface area contributed by atoms with Gasteiger partial charge in [0.1, 0.15) is 0 Å². The number of nitrogens with one attached hydrogen (secondary N) is 2. The van der Waals surface area contributed by atoms with Crippen molar-refractivity contribution in [3.63, 3.8) is 0 Å². The van der Waals surface area contributed by atoms with E-state index in [4.69, 9.17) is 11.6 Å². The molecular formula is C22H23ClN4O. The van der Waals surface area contributed by atoms with Crippen molar-refractivity contribution in [3.05, 3.63) is 82.1 Å². The third kappa shape index (κ3) is 4.26. The van der Waals surface area contributed by atoms with Crippen molar-refractivity contribution in [3.8, 4) is 5.69 Å². The number of anilines is 1. The summed E-state index contributed by atoms with van der Waals surface area (Å²) in [6.07, 6.45) is 2.61. The van der Waals surface area contributed by atoms with E-state index in [1.54, 1.807) is 30.5 Å². The van der Waals surface area contributed by atoms with Gasteiger partial charge in [0, 0.05) is 22.6 Å². The van der Waals surface area contributed by atoms with Gasteiger partial charge >= 0.3 is 6.03 Å². The molecule has 0 fully saturated rings. The molecular weight excluding hydrogens is 372 g/mol. The maximum atomic E-state index is 12.0. The molecule has 3 aromatic rings. The third-order valence-corrected chi connectivity index (χ3v) is 4.91. The van der Waals surface area contributed by atoms with Gasteiger partial charge in [-0.3, -0.25) is 0 Å². The van der Waals surface area contributed by atoms with Crippen LogP contribution in [-0.2, 0) is 6.42 Å². The Morgan fingerprint density at radius 3 is 2.61 bits per heavy atom. The quantitative estimate of drug-likeness (QED) is 0.437. The summed E-state index contributed by atoms with van der Waals surface area (Å²) in [6.45, 7) is 6.26. The van der Waals surface area contributed by atoms with E-state index >= 15 is 0 Å². The fraction of sp³-hybridized carbons (Fsp3) is 0.182. The van der Waals surface area contributed by atoms with Gasteiger partial charge in [-0.2, -0.15) is 5.10 Å². The molecule has 2 N–H and O–H groups in total. The number of aromatic nitrogens is 1. The van der Waals surface area contributed by atoms with Crippen molar-refractivity contribution in [1.29, 1.82) is 0 Å². The van der Waals surface area contributed by atoms with Crippen LogP contribution in [0.3, 0.4) is 0 Å². The Hall–Kier alpha value is -3.05. The Balaban J connectivity index is 1.75. The summed E-state index contributed by atoms with van der Waals surface area (Å²) >= 11 is 6.04. The smallest absolute Gasteiger partial charge is 0.318 e. The Morgan fingerprint density at radius 1 is 1.14 bits per heavy atom. The van der Waals surface area contributed by atoms with Crippen LogP contribution in [0, 0.1) is 13.8 Å². The van der Waals surface area contributed by atoms with Gasteiger partial charge in [-0.05, 0) is 50.1 Å². The van der Waals surface area contributed by atoms with Crippen LogP contribution in [0.15, 0.2) is 59.7 Å². The summed E-state index contributed by atoms with van der Waals surface area (Å²) in [4.78, 5) is 12.0. The summed E-state index contributed by atoms with van der Waals surface area (Å²) in [5, 5.41) is 7.22. The predicted octanol–water partition coefficient (Wildman–Crippen LogP) is 5.47.